The van der Waals surface area contributed by atoms with Gasteiger partial charge in [0.2, 0.25) is 0 Å². The van der Waals surface area contributed by atoms with Gasteiger partial charge in [-0.05, 0) is 60.1 Å². The molecule has 0 amide bonds. The van der Waals surface area contributed by atoms with E-state index < -0.39 is 0 Å². The van der Waals surface area contributed by atoms with E-state index in [0.29, 0.717) is 11.8 Å². The molecule has 2 N–H and O–H groups in total. The van der Waals surface area contributed by atoms with E-state index >= 15 is 0 Å². The molecule has 2 rings (SSSR count). The van der Waals surface area contributed by atoms with Gasteiger partial charge in [0.15, 0.2) is 0 Å². The van der Waals surface area contributed by atoms with Crippen molar-refractivity contribution < 1.29 is 5.11 Å². The molecule has 3 nitrogen and oxygen atoms in total. The molecule has 1 saturated heterocycles. The molecular weight excluding hydrogens is 292 g/mol. The van der Waals surface area contributed by atoms with Crippen molar-refractivity contribution in [1.29, 1.82) is 0 Å². The summed E-state index contributed by atoms with van der Waals surface area (Å²) in [7, 11) is 2.21. The van der Waals surface area contributed by atoms with Crippen LogP contribution in [0.25, 0.3) is 0 Å². The molecule has 0 bridgehead atoms. The maximum atomic E-state index is 9.43. The van der Waals surface area contributed by atoms with Crippen molar-refractivity contribution in [2.75, 3.05) is 20.1 Å². The van der Waals surface area contributed by atoms with Gasteiger partial charge < -0.3 is 15.3 Å². The Hall–Kier alpha value is -0.580. The van der Waals surface area contributed by atoms with Crippen LogP contribution >= 0.6 is 15.9 Å². The summed E-state index contributed by atoms with van der Waals surface area (Å²) < 4.78 is 0.761. The zero-order valence-corrected chi connectivity index (χ0v) is 12.4. The number of piperidine rings is 1. The van der Waals surface area contributed by atoms with Crippen LogP contribution in [0.5, 0.6) is 5.75 Å². The summed E-state index contributed by atoms with van der Waals surface area (Å²) in [5.41, 5.74) is 1.19. The Balaban J connectivity index is 1.79. The second-order valence-electron chi connectivity index (χ2n) is 5.05. The highest BCUT2D eigenvalue weighted by atomic mass is 79.9. The molecule has 1 atom stereocenters. The maximum absolute atomic E-state index is 9.43. The summed E-state index contributed by atoms with van der Waals surface area (Å²) in [6.07, 6.45) is 3.97. The van der Waals surface area contributed by atoms with Crippen molar-refractivity contribution in [3.63, 3.8) is 0 Å². The number of hydrogen-bond acceptors (Lipinski definition) is 3. The fourth-order valence-corrected chi connectivity index (χ4v) is 2.87. The average molecular weight is 313 g/mol. The van der Waals surface area contributed by atoms with Crippen LogP contribution in [0.2, 0.25) is 0 Å². The Labute approximate surface area is 117 Å². The molecule has 1 aromatic carbocycles. The highest BCUT2D eigenvalue weighted by Crippen LogP contribution is 2.24. The summed E-state index contributed by atoms with van der Waals surface area (Å²) in [5.74, 6) is 0.297. The van der Waals surface area contributed by atoms with E-state index in [0.717, 1.165) is 17.6 Å². The van der Waals surface area contributed by atoms with Crippen LogP contribution < -0.4 is 5.32 Å². The molecule has 1 aliphatic heterocycles. The van der Waals surface area contributed by atoms with E-state index in [9.17, 15) is 5.11 Å². The minimum atomic E-state index is 0.297. The summed E-state index contributed by atoms with van der Waals surface area (Å²) in [6, 6.07) is 6.32. The van der Waals surface area contributed by atoms with E-state index in [2.05, 4.69) is 33.2 Å². The Morgan fingerprint density at radius 2 is 2.28 bits per heavy atom. The molecule has 0 aromatic heterocycles. The van der Waals surface area contributed by atoms with E-state index in [1.807, 2.05) is 12.1 Å². The van der Waals surface area contributed by atoms with Gasteiger partial charge in [0, 0.05) is 19.1 Å². The number of likely N-dealkylation sites (N-methyl/N-ethyl adjacent to an activating group) is 1. The molecule has 0 radical (unpaired) electrons. The molecule has 1 fully saturated rings. The van der Waals surface area contributed by atoms with Gasteiger partial charge in [0.1, 0.15) is 5.75 Å². The summed E-state index contributed by atoms with van der Waals surface area (Å²) in [5, 5.41) is 12.9. The van der Waals surface area contributed by atoms with Gasteiger partial charge in [-0.3, -0.25) is 0 Å². The van der Waals surface area contributed by atoms with Crippen molar-refractivity contribution in [2.24, 2.45) is 0 Å². The number of rotatable bonds is 4. The minimum Gasteiger partial charge on any atom is -0.507 e. The quantitative estimate of drug-likeness (QED) is 0.897. The lowest BCUT2D eigenvalue weighted by atomic mass is 10.0. The lowest BCUT2D eigenvalue weighted by Crippen LogP contribution is -2.42. The first-order valence-electron chi connectivity index (χ1n) is 6.55. The zero-order valence-electron chi connectivity index (χ0n) is 10.8. The number of nitrogens with one attached hydrogen (secondary N) is 1. The van der Waals surface area contributed by atoms with Crippen LogP contribution in [0.4, 0.5) is 0 Å². The molecule has 1 aliphatic rings. The van der Waals surface area contributed by atoms with E-state index in [-0.39, 0.29) is 0 Å². The van der Waals surface area contributed by atoms with Gasteiger partial charge in [0.25, 0.3) is 0 Å². The molecule has 0 spiro atoms. The first kappa shape index (κ1) is 13.8. The van der Waals surface area contributed by atoms with Crippen LogP contribution in [0, 0.1) is 0 Å². The summed E-state index contributed by atoms with van der Waals surface area (Å²) >= 11 is 3.34. The number of nitrogens with zero attached hydrogens (tertiary/aromatic N) is 1. The highest BCUT2D eigenvalue weighted by Gasteiger charge is 2.17. The summed E-state index contributed by atoms with van der Waals surface area (Å²) in [6.45, 7) is 3.11. The highest BCUT2D eigenvalue weighted by molar-refractivity contribution is 9.10. The lowest BCUT2D eigenvalue weighted by molar-refractivity contribution is 0.181. The van der Waals surface area contributed by atoms with Gasteiger partial charge in [0.05, 0.1) is 4.47 Å². The second kappa shape index (κ2) is 6.55. The SMILES string of the molecule is CN1CCCCC1CNCc1ccc(O)c(Br)c1. The predicted molar refractivity (Wildman–Crippen MR) is 77.8 cm³/mol. The summed E-state index contributed by atoms with van der Waals surface area (Å²) in [4.78, 5) is 2.45. The smallest absolute Gasteiger partial charge is 0.129 e. The van der Waals surface area contributed by atoms with Gasteiger partial charge in [-0.25, -0.2) is 0 Å². The van der Waals surface area contributed by atoms with Crippen LogP contribution in [0.1, 0.15) is 24.8 Å². The third-order valence-electron chi connectivity index (χ3n) is 3.64. The fourth-order valence-electron chi connectivity index (χ4n) is 2.45. The molecular formula is C14H21BrN2O. The lowest BCUT2D eigenvalue weighted by Gasteiger charge is -2.32. The Bertz CT molecular complexity index is 397. The van der Waals surface area contributed by atoms with Crippen molar-refractivity contribution in [3.8, 4) is 5.75 Å². The second-order valence-corrected chi connectivity index (χ2v) is 5.90. The number of aromatic hydroxyl groups is 1. The van der Waals surface area contributed by atoms with Crippen molar-refractivity contribution in [1.82, 2.24) is 10.2 Å². The van der Waals surface area contributed by atoms with Crippen LogP contribution in [-0.2, 0) is 6.54 Å². The van der Waals surface area contributed by atoms with Crippen molar-refractivity contribution in [2.45, 2.75) is 31.8 Å². The largest absolute Gasteiger partial charge is 0.507 e. The van der Waals surface area contributed by atoms with Gasteiger partial charge >= 0.3 is 0 Å². The number of halogens is 1. The van der Waals surface area contributed by atoms with Gasteiger partial charge in [-0.1, -0.05) is 12.5 Å². The molecule has 100 valence electrons. The number of hydrogen-bond donors (Lipinski definition) is 2. The molecule has 1 unspecified atom stereocenters. The van der Waals surface area contributed by atoms with Crippen molar-refractivity contribution >= 4 is 15.9 Å². The molecule has 0 saturated carbocycles. The topological polar surface area (TPSA) is 35.5 Å². The number of phenols is 1. The third kappa shape index (κ3) is 3.70. The average Bonchev–Trinajstić information content (AvgIpc) is 2.36. The van der Waals surface area contributed by atoms with E-state index in [1.165, 1.54) is 31.4 Å². The van der Waals surface area contributed by atoms with Gasteiger partial charge in [-0.15, -0.1) is 0 Å². The standard InChI is InChI=1S/C14H21BrN2O/c1-17-7-3-2-4-12(17)10-16-9-11-5-6-14(18)13(15)8-11/h5-6,8,12,16,18H,2-4,7,9-10H2,1H3. The van der Waals surface area contributed by atoms with Crippen LogP contribution in [0.3, 0.4) is 0 Å². The molecule has 0 aliphatic carbocycles. The molecule has 1 heterocycles. The maximum Gasteiger partial charge on any atom is 0.129 e. The van der Waals surface area contributed by atoms with Crippen LogP contribution in [-0.4, -0.2) is 36.2 Å². The fraction of sp³-hybridized carbons (Fsp3) is 0.571. The first-order chi connectivity index (χ1) is 8.66. The monoisotopic (exact) mass is 312 g/mol. The number of phenolic OH excluding ortho intramolecular Hbond substituents is 1. The van der Waals surface area contributed by atoms with E-state index in [1.54, 1.807) is 6.07 Å². The minimum absolute atomic E-state index is 0.297. The molecule has 1 aromatic rings. The van der Waals surface area contributed by atoms with Crippen molar-refractivity contribution in [3.05, 3.63) is 28.2 Å². The van der Waals surface area contributed by atoms with Gasteiger partial charge in [-0.2, -0.15) is 0 Å². The number of likely N-dealkylation sites (tertiary alicyclic amines) is 1. The Kier molecular flexibility index (Phi) is 5.03. The third-order valence-corrected chi connectivity index (χ3v) is 4.28. The Morgan fingerprint density at radius 3 is 3.00 bits per heavy atom. The normalized spacial score (nSPS) is 21.1. The Morgan fingerprint density at radius 1 is 1.44 bits per heavy atom. The molecule has 4 heteroatoms. The van der Waals surface area contributed by atoms with E-state index in [4.69, 9.17) is 0 Å². The number of benzene rings is 1. The first-order valence-corrected chi connectivity index (χ1v) is 7.34. The predicted octanol–water partition coefficient (Wildman–Crippen LogP) is 2.73. The van der Waals surface area contributed by atoms with Crippen LogP contribution in [0.15, 0.2) is 22.7 Å². The molecule has 18 heavy (non-hydrogen) atoms. The zero-order chi connectivity index (χ0) is 13.0.